The minimum Gasteiger partial charge on any atom is -0.497 e. The van der Waals surface area contributed by atoms with Gasteiger partial charge < -0.3 is 9.64 Å². The summed E-state index contributed by atoms with van der Waals surface area (Å²) in [5, 5.41) is 7.15. The lowest BCUT2D eigenvalue weighted by Crippen LogP contribution is -2.39. The van der Waals surface area contributed by atoms with Crippen LogP contribution in [0.1, 0.15) is 42.4 Å². The zero-order valence-electron chi connectivity index (χ0n) is 14.3. The first-order chi connectivity index (χ1) is 11.7. The van der Waals surface area contributed by atoms with Gasteiger partial charge in [-0.05, 0) is 43.9 Å². The lowest BCUT2D eigenvalue weighted by atomic mass is 9.97. The van der Waals surface area contributed by atoms with Crippen LogP contribution in [0.25, 0.3) is 0 Å². The van der Waals surface area contributed by atoms with Crippen LogP contribution in [0, 0.1) is 6.92 Å². The molecule has 0 bridgehead atoms. The van der Waals surface area contributed by atoms with E-state index in [-0.39, 0.29) is 11.8 Å². The number of carbonyl (C=O) groups excluding carboxylic acids is 1. The zero-order chi connectivity index (χ0) is 16.9. The molecule has 1 aliphatic heterocycles. The third kappa shape index (κ3) is 3.93. The monoisotopic (exact) mass is 328 g/mol. The van der Waals surface area contributed by atoms with Crippen molar-refractivity contribution in [1.29, 1.82) is 0 Å². The van der Waals surface area contributed by atoms with Crippen LogP contribution in [0.2, 0.25) is 0 Å². The van der Waals surface area contributed by atoms with Gasteiger partial charge in [-0.1, -0.05) is 12.1 Å². The van der Waals surface area contributed by atoms with Crippen LogP contribution in [-0.2, 0) is 11.2 Å². The molecule has 1 saturated heterocycles. The number of hydrogen-bond acceptors (Lipinski definition) is 4. The molecule has 6 heteroatoms. The Morgan fingerprint density at radius 1 is 1.46 bits per heavy atom. The Labute approximate surface area is 142 Å². The number of nitrogens with zero attached hydrogens (tertiary/aromatic N) is 3. The normalized spacial score (nSPS) is 17.8. The number of methoxy groups -OCH3 is 1. The molecule has 1 N–H and O–H groups in total. The molecule has 1 aromatic carbocycles. The van der Waals surface area contributed by atoms with Gasteiger partial charge in [-0.2, -0.15) is 5.10 Å². The van der Waals surface area contributed by atoms with Gasteiger partial charge in [-0.15, -0.1) is 0 Å². The molecule has 1 aromatic heterocycles. The van der Waals surface area contributed by atoms with Crippen LogP contribution in [-0.4, -0.2) is 46.2 Å². The van der Waals surface area contributed by atoms with Gasteiger partial charge in [0.2, 0.25) is 5.91 Å². The molecule has 2 aromatic rings. The van der Waals surface area contributed by atoms with Gasteiger partial charge in [-0.3, -0.25) is 9.89 Å². The summed E-state index contributed by atoms with van der Waals surface area (Å²) < 4.78 is 5.23. The van der Waals surface area contributed by atoms with E-state index in [1.165, 1.54) is 0 Å². The second-order valence-corrected chi connectivity index (χ2v) is 6.31. The Kier molecular flexibility index (Phi) is 5.13. The van der Waals surface area contributed by atoms with Gasteiger partial charge in [0, 0.05) is 25.4 Å². The highest BCUT2D eigenvalue weighted by molar-refractivity contribution is 5.76. The molecule has 128 valence electrons. The van der Waals surface area contributed by atoms with E-state index in [0.29, 0.717) is 13.0 Å². The van der Waals surface area contributed by atoms with Crippen molar-refractivity contribution in [2.24, 2.45) is 0 Å². The van der Waals surface area contributed by atoms with Crippen LogP contribution in [0.4, 0.5) is 0 Å². The molecule has 0 saturated carbocycles. The van der Waals surface area contributed by atoms with Gasteiger partial charge in [0.25, 0.3) is 0 Å². The Hall–Kier alpha value is -2.37. The summed E-state index contributed by atoms with van der Waals surface area (Å²) in [5.74, 6) is 2.93. The molecule has 1 atom stereocenters. The number of rotatable bonds is 5. The van der Waals surface area contributed by atoms with Crippen molar-refractivity contribution in [1.82, 2.24) is 20.1 Å². The lowest BCUT2D eigenvalue weighted by Gasteiger charge is -2.31. The molecule has 24 heavy (non-hydrogen) atoms. The zero-order valence-corrected chi connectivity index (χ0v) is 14.3. The number of piperidine rings is 1. The maximum Gasteiger partial charge on any atom is 0.222 e. The van der Waals surface area contributed by atoms with Gasteiger partial charge in [-0.25, -0.2) is 4.98 Å². The summed E-state index contributed by atoms with van der Waals surface area (Å²) in [6, 6.07) is 7.90. The lowest BCUT2D eigenvalue weighted by molar-refractivity contribution is -0.132. The highest BCUT2D eigenvalue weighted by atomic mass is 16.5. The number of nitrogens with one attached hydrogen (secondary N) is 1. The summed E-state index contributed by atoms with van der Waals surface area (Å²) >= 11 is 0. The van der Waals surface area contributed by atoms with Crippen molar-refractivity contribution in [2.45, 2.75) is 38.5 Å². The first kappa shape index (κ1) is 16.5. The van der Waals surface area contributed by atoms with Crippen molar-refractivity contribution >= 4 is 5.91 Å². The predicted molar refractivity (Wildman–Crippen MR) is 91.0 cm³/mol. The second kappa shape index (κ2) is 7.47. The number of aryl methyl sites for hydroxylation is 2. The summed E-state index contributed by atoms with van der Waals surface area (Å²) in [5.41, 5.74) is 1.13. The molecule has 1 aliphatic rings. The molecule has 3 rings (SSSR count). The fraction of sp³-hybridized carbons (Fsp3) is 0.500. The van der Waals surface area contributed by atoms with Gasteiger partial charge >= 0.3 is 0 Å². The molecule has 6 nitrogen and oxygen atoms in total. The molecule has 0 spiro atoms. The Balaban J connectivity index is 1.56. The van der Waals surface area contributed by atoms with E-state index in [9.17, 15) is 4.79 Å². The van der Waals surface area contributed by atoms with E-state index in [4.69, 9.17) is 4.74 Å². The topological polar surface area (TPSA) is 71.1 Å². The number of carbonyl (C=O) groups is 1. The predicted octanol–water partition coefficient (Wildman–Crippen LogP) is 2.46. The summed E-state index contributed by atoms with van der Waals surface area (Å²) in [6.07, 6.45) is 3.30. The average molecular weight is 328 g/mol. The molecular weight excluding hydrogens is 304 g/mol. The third-order valence-corrected chi connectivity index (χ3v) is 4.52. The van der Waals surface area contributed by atoms with Crippen molar-refractivity contribution < 1.29 is 9.53 Å². The number of amides is 1. The van der Waals surface area contributed by atoms with Crippen molar-refractivity contribution in [3.8, 4) is 5.75 Å². The molecule has 0 radical (unpaired) electrons. The number of ether oxygens (including phenoxy) is 1. The largest absolute Gasteiger partial charge is 0.497 e. The number of benzene rings is 1. The first-order valence-electron chi connectivity index (χ1n) is 8.45. The van der Waals surface area contributed by atoms with Crippen LogP contribution in [0.5, 0.6) is 5.75 Å². The van der Waals surface area contributed by atoms with Crippen LogP contribution >= 0.6 is 0 Å². The smallest absolute Gasteiger partial charge is 0.222 e. The Morgan fingerprint density at radius 2 is 2.33 bits per heavy atom. The molecular formula is C18H24N4O2. The standard InChI is InChI=1S/C18H24N4O2/c1-13-19-18(21-20-13)15-6-4-10-22(12-15)17(23)9-8-14-5-3-7-16(11-14)24-2/h3,5,7,11,15H,4,6,8-10,12H2,1-2H3,(H,19,20,21)/t15-/m1/s1. The maximum absolute atomic E-state index is 12.6. The number of H-pyrrole nitrogens is 1. The maximum atomic E-state index is 12.6. The quantitative estimate of drug-likeness (QED) is 0.915. The first-order valence-corrected chi connectivity index (χ1v) is 8.45. The number of hydrogen-bond donors (Lipinski definition) is 1. The number of aromatic nitrogens is 3. The highest BCUT2D eigenvalue weighted by Crippen LogP contribution is 2.25. The molecule has 0 unspecified atom stereocenters. The minimum absolute atomic E-state index is 0.203. The summed E-state index contributed by atoms with van der Waals surface area (Å²) in [4.78, 5) is 18.9. The van der Waals surface area contributed by atoms with Crippen LogP contribution in [0.15, 0.2) is 24.3 Å². The summed E-state index contributed by atoms with van der Waals surface area (Å²) in [6.45, 7) is 3.45. The van der Waals surface area contributed by atoms with Crippen molar-refractivity contribution in [3.05, 3.63) is 41.5 Å². The molecule has 1 fully saturated rings. The average Bonchev–Trinajstić information content (AvgIpc) is 3.06. The fourth-order valence-electron chi connectivity index (χ4n) is 3.19. The van der Waals surface area contributed by atoms with Crippen molar-refractivity contribution in [2.75, 3.05) is 20.2 Å². The van der Waals surface area contributed by atoms with Gasteiger partial charge in [0.1, 0.15) is 11.6 Å². The highest BCUT2D eigenvalue weighted by Gasteiger charge is 2.26. The van der Waals surface area contributed by atoms with E-state index in [1.54, 1.807) is 7.11 Å². The van der Waals surface area contributed by atoms with Gasteiger partial charge in [0.05, 0.1) is 7.11 Å². The van der Waals surface area contributed by atoms with Crippen LogP contribution in [0.3, 0.4) is 0 Å². The SMILES string of the molecule is COc1cccc(CCC(=O)N2CCC[C@@H](c3n[nH]c(C)n3)C2)c1. The van der Waals surface area contributed by atoms with E-state index in [0.717, 1.165) is 48.8 Å². The molecule has 2 heterocycles. The molecule has 1 amide bonds. The van der Waals surface area contributed by atoms with E-state index in [1.807, 2.05) is 36.1 Å². The van der Waals surface area contributed by atoms with E-state index < -0.39 is 0 Å². The number of aromatic amines is 1. The van der Waals surface area contributed by atoms with Crippen molar-refractivity contribution in [3.63, 3.8) is 0 Å². The Morgan fingerprint density at radius 3 is 3.08 bits per heavy atom. The number of likely N-dealkylation sites (tertiary alicyclic amines) is 1. The van der Waals surface area contributed by atoms with Crippen LogP contribution < -0.4 is 4.74 Å². The molecule has 0 aliphatic carbocycles. The van der Waals surface area contributed by atoms with E-state index >= 15 is 0 Å². The fourth-order valence-corrected chi connectivity index (χ4v) is 3.19. The minimum atomic E-state index is 0.203. The second-order valence-electron chi connectivity index (χ2n) is 6.31. The van der Waals surface area contributed by atoms with E-state index in [2.05, 4.69) is 15.2 Å². The van der Waals surface area contributed by atoms with Gasteiger partial charge in [0.15, 0.2) is 5.82 Å². The Bertz CT molecular complexity index is 698. The third-order valence-electron chi connectivity index (χ3n) is 4.52. The summed E-state index contributed by atoms with van der Waals surface area (Å²) in [7, 11) is 1.66.